The fourth-order valence-electron chi connectivity index (χ4n) is 1.42. The maximum atomic E-state index is 10.6. The van der Waals surface area contributed by atoms with Crippen molar-refractivity contribution < 1.29 is 20.1 Å². The summed E-state index contributed by atoms with van der Waals surface area (Å²) in [5.74, 6) is 0.159. The summed E-state index contributed by atoms with van der Waals surface area (Å²) in [6, 6.07) is 2.65. The van der Waals surface area contributed by atoms with Crippen LogP contribution in [0.25, 0.3) is 0 Å². The van der Waals surface area contributed by atoms with Gasteiger partial charge in [0.05, 0.1) is 23.1 Å². The predicted molar refractivity (Wildman–Crippen MR) is 127 cm³/mol. The quantitative estimate of drug-likeness (QED) is 0.218. The van der Waals surface area contributed by atoms with Gasteiger partial charge in [-0.25, -0.2) is 9.97 Å². The minimum atomic E-state index is -0.583. The molecule has 176 valence electrons. The van der Waals surface area contributed by atoms with E-state index in [1.807, 2.05) is 0 Å². The van der Waals surface area contributed by atoms with Crippen LogP contribution in [0.5, 0.6) is 0 Å². The van der Waals surface area contributed by atoms with Gasteiger partial charge in [-0.3, -0.25) is 20.2 Å². The predicted octanol–water partition coefficient (Wildman–Crippen LogP) is 3.77. The molecule has 31 heavy (non-hydrogen) atoms. The maximum absolute atomic E-state index is 10.6. The number of aliphatic hydroxyl groups excluding tert-OH is 2. The van der Waals surface area contributed by atoms with E-state index in [9.17, 15) is 20.2 Å². The molecule has 0 radical (unpaired) electrons. The SMILES string of the molecule is C.C.NCCO.O=[N+]([O-])c1cc(Br)cnc1Cl.O=[N+]([O-])c1cc(Br)cnc1NCCO. The average molecular weight is 593 g/mol. The van der Waals surface area contributed by atoms with Crippen LogP contribution >= 0.6 is 43.5 Å². The summed E-state index contributed by atoms with van der Waals surface area (Å²) < 4.78 is 1.08. The van der Waals surface area contributed by atoms with Crippen molar-refractivity contribution in [3.63, 3.8) is 0 Å². The van der Waals surface area contributed by atoms with E-state index in [4.69, 9.17) is 27.5 Å². The number of pyridine rings is 2. The van der Waals surface area contributed by atoms with Crippen LogP contribution in [0.3, 0.4) is 0 Å². The van der Waals surface area contributed by atoms with Crippen molar-refractivity contribution in [3.8, 4) is 0 Å². The van der Waals surface area contributed by atoms with E-state index in [0.717, 1.165) is 0 Å². The number of nitrogens with zero attached hydrogens (tertiary/aromatic N) is 4. The number of aliphatic hydroxyl groups is 2. The number of nitrogens with two attached hydrogens (primary N) is 1. The van der Waals surface area contributed by atoms with Gasteiger partial charge in [0.2, 0.25) is 11.0 Å². The molecule has 2 aromatic rings. The molecule has 0 aliphatic heterocycles. The lowest BCUT2D eigenvalue weighted by molar-refractivity contribution is -0.385. The van der Waals surface area contributed by atoms with Crippen LogP contribution in [0.4, 0.5) is 17.2 Å². The molecule has 0 amide bonds. The van der Waals surface area contributed by atoms with Gasteiger partial charge in [-0.2, -0.15) is 0 Å². The second-order valence-electron chi connectivity index (χ2n) is 4.66. The maximum Gasteiger partial charge on any atom is 0.312 e. The molecule has 2 rings (SSSR count). The van der Waals surface area contributed by atoms with Gasteiger partial charge < -0.3 is 21.3 Å². The number of halogens is 3. The highest BCUT2D eigenvalue weighted by atomic mass is 79.9. The summed E-state index contributed by atoms with van der Waals surface area (Å²) in [4.78, 5) is 27.1. The van der Waals surface area contributed by atoms with Crippen LogP contribution < -0.4 is 11.1 Å². The van der Waals surface area contributed by atoms with Gasteiger partial charge in [0.25, 0.3) is 0 Å². The first-order chi connectivity index (χ1) is 13.7. The Morgan fingerprint density at radius 3 is 1.84 bits per heavy atom. The number of nitrogens with one attached hydrogen (secondary N) is 1. The monoisotopic (exact) mass is 590 g/mol. The molecule has 0 unspecified atom stereocenters. The molecular weight excluding hydrogens is 567 g/mol. The van der Waals surface area contributed by atoms with Gasteiger partial charge in [0.15, 0.2) is 0 Å². The zero-order chi connectivity index (χ0) is 22.4. The fourth-order valence-corrected chi connectivity index (χ4v) is 2.23. The van der Waals surface area contributed by atoms with Crippen molar-refractivity contribution in [2.24, 2.45) is 5.73 Å². The molecule has 2 heterocycles. The molecule has 0 spiro atoms. The van der Waals surface area contributed by atoms with Crippen LogP contribution in [-0.4, -0.2) is 56.3 Å². The highest BCUT2D eigenvalue weighted by Gasteiger charge is 2.15. The number of aromatic nitrogens is 2. The lowest BCUT2D eigenvalue weighted by Crippen LogP contribution is -2.08. The first kappa shape index (κ1) is 33.7. The van der Waals surface area contributed by atoms with E-state index in [0.29, 0.717) is 15.5 Å². The van der Waals surface area contributed by atoms with E-state index < -0.39 is 9.85 Å². The van der Waals surface area contributed by atoms with Crippen LogP contribution in [0.1, 0.15) is 14.9 Å². The first-order valence-corrected chi connectivity index (χ1v) is 9.55. The minimum absolute atomic E-state index is 0. The summed E-state index contributed by atoms with van der Waals surface area (Å²) in [7, 11) is 0. The fraction of sp³-hybridized carbons (Fsp3) is 0.375. The third-order valence-corrected chi connectivity index (χ3v) is 3.71. The Bertz CT molecular complexity index is 816. The van der Waals surface area contributed by atoms with Gasteiger partial charge in [-0.15, -0.1) is 0 Å². The van der Waals surface area contributed by atoms with Crippen molar-refractivity contribution in [3.05, 3.63) is 58.9 Å². The molecule has 0 bridgehead atoms. The number of rotatable bonds is 6. The summed E-state index contributed by atoms with van der Waals surface area (Å²) in [5, 5.41) is 39.7. The Balaban J connectivity index is -0.000000416. The summed E-state index contributed by atoms with van der Waals surface area (Å²) in [6.07, 6.45) is 2.85. The Morgan fingerprint density at radius 1 is 1.00 bits per heavy atom. The van der Waals surface area contributed by atoms with Crippen LogP contribution in [0.15, 0.2) is 33.5 Å². The molecule has 5 N–H and O–H groups in total. The third kappa shape index (κ3) is 13.9. The van der Waals surface area contributed by atoms with Gasteiger partial charge in [-0.1, -0.05) is 26.5 Å². The van der Waals surface area contributed by atoms with E-state index in [1.165, 1.54) is 24.5 Å². The molecule has 0 aromatic carbocycles. The van der Waals surface area contributed by atoms with E-state index in [-0.39, 0.29) is 57.0 Å². The third-order valence-electron chi connectivity index (χ3n) is 2.55. The minimum Gasteiger partial charge on any atom is -0.395 e. The zero-order valence-electron chi connectivity index (χ0n) is 14.7. The van der Waals surface area contributed by atoms with Crippen molar-refractivity contribution >= 4 is 60.7 Å². The van der Waals surface area contributed by atoms with E-state index in [2.05, 4.69) is 47.1 Å². The number of hydrogen-bond donors (Lipinski definition) is 4. The van der Waals surface area contributed by atoms with Gasteiger partial charge in [0, 0.05) is 46.6 Å². The lowest BCUT2D eigenvalue weighted by Gasteiger charge is -2.03. The lowest BCUT2D eigenvalue weighted by atomic mass is 10.4. The molecule has 2 aromatic heterocycles. The zero-order valence-corrected chi connectivity index (χ0v) is 18.6. The molecule has 0 aliphatic rings. The largest absolute Gasteiger partial charge is 0.395 e. The number of nitro groups is 2. The Morgan fingerprint density at radius 2 is 1.45 bits per heavy atom. The van der Waals surface area contributed by atoms with Crippen molar-refractivity contribution in [2.75, 3.05) is 31.6 Å². The second-order valence-corrected chi connectivity index (χ2v) is 6.85. The molecule has 0 atom stereocenters. The molecule has 12 nitrogen and oxygen atoms in total. The van der Waals surface area contributed by atoms with E-state index >= 15 is 0 Å². The summed E-state index contributed by atoms with van der Waals surface area (Å²) in [5.41, 5.74) is 4.47. The summed E-state index contributed by atoms with van der Waals surface area (Å²) >= 11 is 11.5. The van der Waals surface area contributed by atoms with Crippen LogP contribution in [0, 0.1) is 20.2 Å². The van der Waals surface area contributed by atoms with Gasteiger partial charge >= 0.3 is 11.4 Å². The topological polar surface area (TPSA) is 191 Å². The summed E-state index contributed by atoms with van der Waals surface area (Å²) in [6.45, 7) is 0.602. The van der Waals surface area contributed by atoms with Gasteiger partial charge in [0.1, 0.15) is 0 Å². The molecule has 15 heteroatoms. The van der Waals surface area contributed by atoms with Crippen molar-refractivity contribution in [2.45, 2.75) is 14.9 Å². The molecule has 0 saturated heterocycles. The Kier molecular flexibility index (Phi) is 20.4. The van der Waals surface area contributed by atoms with Crippen molar-refractivity contribution in [1.82, 2.24) is 9.97 Å². The number of hydrogen-bond acceptors (Lipinski definition) is 10. The average Bonchev–Trinajstić information content (AvgIpc) is 2.69. The van der Waals surface area contributed by atoms with E-state index in [1.54, 1.807) is 0 Å². The highest BCUT2D eigenvalue weighted by molar-refractivity contribution is 9.10. The molecule has 0 saturated carbocycles. The van der Waals surface area contributed by atoms with Crippen molar-refractivity contribution in [1.29, 1.82) is 0 Å². The smallest absolute Gasteiger partial charge is 0.312 e. The van der Waals surface area contributed by atoms with Crippen LogP contribution in [0.2, 0.25) is 5.15 Å². The molecule has 0 aliphatic carbocycles. The second kappa shape index (κ2) is 18.8. The number of anilines is 1. The molecule has 0 fully saturated rings. The van der Waals surface area contributed by atoms with Crippen LogP contribution in [-0.2, 0) is 0 Å². The highest BCUT2D eigenvalue weighted by Crippen LogP contribution is 2.25. The molecular formula is C16H25Br2ClN6O6. The van der Waals surface area contributed by atoms with Gasteiger partial charge in [-0.05, 0) is 31.9 Å². The first-order valence-electron chi connectivity index (χ1n) is 7.58. The Labute approximate surface area is 201 Å². The normalized spacial score (nSPS) is 8.84. The standard InChI is InChI=1S/C7H8BrN3O3.C5H2BrClN2O2.C2H7NO.2CH4/c8-5-3-6(11(13)14)7(10-4-5)9-1-2-12;6-3-1-4(9(10)11)5(7)8-2-3;3-1-2-4;;/h3-4,12H,1-2H2,(H,9,10);1-2H;4H,1-3H2;2*1H4. The Hall–Kier alpha value is -1.97.